The molecule has 1 amide bonds. The van der Waals surface area contributed by atoms with Gasteiger partial charge in [0.2, 0.25) is 15.9 Å². The minimum absolute atomic E-state index is 0.225. The molecule has 0 aliphatic rings. The molecule has 0 atom stereocenters. The van der Waals surface area contributed by atoms with Crippen molar-refractivity contribution in [1.29, 1.82) is 0 Å². The first-order valence-corrected chi connectivity index (χ1v) is 7.42. The number of hydrogen-bond acceptors (Lipinski definition) is 4. The van der Waals surface area contributed by atoms with Crippen LogP contribution in [0.25, 0.3) is 0 Å². The molecule has 1 aromatic rings. The number of benzene rings is 1. The van der Waals surface area contributed by atoms with E-state index in [0.717, 1.165) is 17.0 Å². The standard InChI is InChI=1S/C12H15FN2O5S/c1-15(8-12(17)18)11(16)6-7-14-21(19,20)10-5-3-2-4-9(10)13/h2-5,14H,6-8H2,1H3,(H,17,18). The lowest BCUT2D eigenvalue weighted by molar-refractivity contribution is -0.143. The normalized spacial score (nSPS) is 11.1. The van der Waals surface area contributed by atoms with E-state index >= 15 is 0 Å². The summed E-state index contributed by atoms with van der Waals surface area (Å²) < 4.78 is 39.1. The lowest BCUT2D eigenvalue weighted by Crippen LogP contribution is -2.35. The maximum atomic E-state index is 13.4. The van der Waals surface area contributed by atoms with Crippen molar-refractivity contribution in [2.45, 2.75) is 11.3 Å². The van der Waals surface area contributed by atoms with Crippen LogP contribution in [-0.2, 0) is 19.6 Å². The van der Waals surface area contributed by atoms with Gasteiger partial charge in [0.25, 0.3) is 0 Å². The van der Waals surface area contributed by atoms with Crippen molar-refractivity contribution in [3.05, 3.63) is 30.1 Å². The topological polar surface area (TPSA) is 104 Å². The van der Waals surface area contributed by atoms with Crippen LogP contribution >= 0.6 is 0 Å². The number of aliphatic carboxylic acids is 1. The second-order valence-corrected chi connectivity index (χ2v) is 5.96. The number of carbonyl (C=O) groups is 2. The summed E-state index contributed by atoms with van der Waals surface area (Å²) in [6, 6.07) is 4.86. The molecule has 1 aromatic carbocycles. The minimum Gasteiger partial charge on any atom is -0.480 e. The summed E-state index contributed by atoms with van der Waals surface area (Å²) in [7, 11) is -2.75. The molecule has 0 spiro atoms. The second-order valence-electron chi connectivity index (χ2n) is 4.22. The van der Waals surface area contributed by atoms with Crippen LogP contribution in [-0.4, -0.2) is 50.4 Å². The Morgan fingerprint density at radius 1 is 1.33 bits per heavy atom. The third-order valence-electron chi connectivity index (χ3n) is 2.56. The van der Waals surface area contributed by atoms with Crippen molar-refractivity contribution in [3.8, 4) is 0 Å². The number of carbonyl (C=O) groups excluding carboxylic acids is 1. The van der Waals surface area contributed by atoms with Gasteiger partial charge in [-0.1, -0.05) is 12.1 Å². The zero-order valence-corrected chi connectivity index (χ0v) is 12.1. The molecule has 0 saturated heterocycles. The van der Waals surface area contributed by atoms with E-state index in [-0.39, 0.29) is 13.0 Å². The number of likely N-dealkylation sites (N-methyl/N-ethyl adjacent to an activating group) is 1. The summed E-state index contributed by atoms with van der Waals surface area (Å²) in [5, 5.41) is 8.52. The predicted octanol–water partition coefficient (Wildman–Crippen LogP) is 0.0371. The summed E-state index contributed by atoms with van der Waals surface area (Å²) in [5.74, 6) is -2.59. The first kappa shape index (κ1) is 17.1. The highest BCUT2D eigenvalue weighted by Crippen LogP contribution is 2.12. The molecule has 21 heavy (non-hydrogen) atoms. The Kier molecular flexibility index (Phi) is 5.79. The van der Waals surface area contributed by atoms with E-state index in [2.05, 4.69) is 4.72 Å². The Labute approximate surface area is 121 Å². The van der Waals surface area contributed by atoms with Crippen molar-refractivity contribution in [2.75, 3.05) is 20.1 Å². The fourth-order valence-corrected chi connectivity index (χ4v) is 2.62. The molecule has 0 aliphatic heterocycles. The Morgan fingerprint density at radius 3 is 2.52 bits per heavy atom. The molecule has 0 bridgehead atoms. The Balaban J connectivity index is 2.58. The highest BCUT2D eigenvalue weighted by atomic mass is 32.2. The van der Waals surface area contributed by atoms with Gasteiger partial charge in [-0.2, -0.15) is 0 Å². The molecule has 2 N–H and O–H groups in total. The van der Waals surface area contributed by atoms with E-state index in [9.17, 15) is 22.4 Å². The Hall–Kier alpha value is -2.00. The third-order valence-corrected chi connectivity index (χ3v) is 4.05. The number of sulfonamides is 1. The first-order chi connectivity index (χ1) is 9.74. The van der Waals surface area contributed by atoms with E-state index in [1.165, 1.54) is 19.2 Å². The van der Waals surface area contributed by atoms with Crippen LogP contribution in [0.5, 0.6) is 0 Å². The van der Waals surface area contributed by atoms with E-state index in [1.54, 1.807) is 0 Å². The van der Waals surface area contributed by atoms with Crippen molar-refractivity contribution in [1.82, 2.24) is 9.62 Å². The number of nitrogens with zero attached hydrogens (tertiary/aromatic N) is 1. The van der Waals surface area contributed by atoms with Gasteiger partial charge in [0.1, 0.15) is 17.3 Å². The van der Waals surface area contributed by atoms with E-state index in [1.807, 2.05) is 0 Å². The zero-order valence-electron chi connectivity index (χ0n) is 11.2. The molecule has 116 valence electrons. The monoisotopic (exact) mass is 318 g/mol. The molecule has 0 fully saturated rings. The van der Waals surface area contributed by atoms with Gasteiger partial charge in [0, 0.05) is 20.0 Å². The molecule has 0 saturated carbocycles. The number of carboxylic acid groups (broad SMARTS) is 1. The van der Waals surface area contributed by atoms with Gasteiger partial charge in [-0.25, -0.2) is 17.5 Å². The molecule has 0 unspecified atom stereocenters. The molecule has 0 aromatic heterocycles. The number of carboxylic acids is 1. The molecule has 9 heteroatoms. The maximum Gasteiger partial charge on any atom is 0.323 e. The quantitative estimate of drug-likeness (QED) is 0.738. The summed E-state index contributed by atoms with van der Waals surface area (Å²) >= 11 is 0. The number of nitrogens with one attached hydrogen (secondary N) is 1. The van der Waals surface area contributed by atoms with Crippen LogP contribution < -0.4 is 4.72 Å². The Morgan fingerprint density at radius 2 is 1.95 bits per heavy atom. The minimum atomic E-state index is -4.05. The number of amides is 1. The van der Waals surface area contributed by atoms with Gasteiger partial charge in [0.15, 0.2) is 0 Å². The average molecular weight is 318 g/mol. The molecular weight excluding hydrogens is 303 g/mol. The van der Waals surface area contributed by atoms with Gasteiger partial charge < -0.3 is 10.0 Å². The van der Waals surface area contributed by atoms with E-state index in [4.69, 9.17) is 5.11 Å². The summed E-state index contributed by atoms with van der Waals surface area (Å²) in [4.78, 5) is 22.4. The lowest BCUT2D eigenvalue weighted by atomic mass is 10.3. The van der Waals surface area contributed by atoms with Gasteiger partial charge in [0.05, 0.1) is 0 Å². The van der Waals surface area contributed by atoms with Crippen LogP contribution in [0.1, 0.15) is 6.42 Å². The third kappa shape index (κ3) is 5.12. The summed E-state index contributed by atoms with van der Waals surface area (Å²) in [6.07, 6.45) is -0.225. The van der Waals surface area contributed by atoms with Crippen LogP contribution in [0.4, 0.5) is 4.39 Å². The number of hydrogen-bond donors (Lipinski definition) is 2. The van der Waals surface area contributed by atoms with Crippen LogP contribution in [0.3, 0.4) is 0 Å². The molecule has 0 heterocycles. The lowest BCUT2D eigenvalue weighted by Gasteiger charge is -2.14. The molecule has 0 aliphatic carbocycles. The van der Waals surface area contributed by atoms with Gasteiger partial charge in [-0.05, 0) is 12.1 Å². The van der Waals surface area contributed by atoms with Crippen LogP contribution in [0, 0.1) is 5.82 Å². The molecular formula is C12H15FN2O5S. The predicted molar refractivity (Wildman–Crippen MR) is 71.5 cm³/mol. The van der Waals surface area contributed by atoms with Crippen molar-refractivity contribution in [2.24, 2.45) is 0 Å². The second kappa shape index (κ2) is 7.14. The molecule has 0 radical (unpaired) electrons. The van der Waals surface area contributed by atoms with Crippen molar-refractivity contribution >= 4 is 21.9 Å². The van der Waals surface area contributed by atoms with Crippen LogP contribution in [0.2, 0.25) is 0 Å². The first-order valence-electron chi connectivity index (χ1n) is 5.94. The highest BCUT2D eigenvalue weighted by Gasteiger charge is 2.19. The number of halogens is 1. The van der Waals surface area contributed by atoms with Crippen molar-refractivity contribution in [3.63, 3.8) is 0 Å². The Bertz CT molecular complexity index is 632. The van der Waals surface area contributed by atoms with Gasteiger partial charge >= 0.3 is 5.97 Å². The van der Waals surface area contributed by atoms with Crippen LogP contribution in [0.15, 0.2) is 29.2 Å². The average Bonchev–Trinajstić information content (AvgIpc) is 2.37. The maximum absolute atomic E-state index is 13.4. The summed E-state index contributed by atoms with van der Waals surface area (Å²) in [5.41, 5.74) is 0. The zero-order chi connectivity index (χ0) is 16.0. The molecule has 7 nitrogen and oxygen atoms in total. The fraction of sp³-hybridized carbons (Fsp3) is 0.333. The summed E-state index contributed by atoms with van der Waals surface area (Å²) in [6.45, 7) is -0.724. The van der Waals surface area contributed by atoms with Crippen molar-refractivity contribution < 1.29 is 27.5 Å². The van der Waals surface area contributed by atoms with E-state index < -0.39 is 39.2 Å². The largest absolute Gasteiger partial charge is 0.480 e. The fourth-order valence-electron chi connectivity index (χ4n) is 1.51. The SMILES string of the molecule is CN(CC(=O)O)C(=O)CCNS(=O)(=O)c1ccccc1F. The van der Waals surface area contributed by atoms with Gasteiger partial charge in [-0.3, -0.25) is 9.59 Å². The van der Waals surface area contributed by atoms with E-state index in [0.29, 0.717) is 0 Å². The number of rotatable bonds is 7. The molecule has 1 rings (SSSR count). The van der Waals surface area contributed by atoms with Gasteiger partial charge in [-0.15, -0.1) is 0 Å². The smallest absolute Gasteiger partial charge is 0.323 e. The highest BCUT2D eigenvalue weighted by molar-refractivity contribution is 7.89.